The number of nitrogens with one attached hydrogen (secondary N) is 1. The van der Waals surface area contributed by atoms with Gasteiger partial charge in [-0.2, -0.15) is 0 Å². The van der Waals surface area contributed by atoms with Gasteiger partial charge in [-0.05, 0) is 50.6 Å². The number of aliphatic hydroxyl groups is 1. The Morgan fingerprint density at radius 2 is 2.20 bits per heavy atom. The summed E-state index contributed by atoms with van der Waals surface area (Å²) in [4.78, 5) is 0. The lowest BCUT2D eigenvalue weighted by Gasteiger charge is -2.20. The fourth-order valence-corrected chi connectivity index (χ4v) is 2.42. The quantitative estimate of drug-likeness (QED) is 0.739. The smallest absolute Gasteiger partial charge is 0.110 e. The van der Waals surface area contributed by atoms with Crippen LogP contribution in [0, 0.1) is 5.92 Å². The Morgan fingerprint density at radius 3 is 2.87 bits per heavy atom. The van der Waals surface area contributed by atoms with Crippen LogP contribution in [0.5, 0.6) is 0 Å². The van der Waals surface area contributed by atoms with Gasteiger partial charge in [-0.25, -0.2) is 0 Å². The second kappa shape index (κ2) is 5.52. The van der Waals surface area contributed by atoms with Crippen molar-refractivity contribution in [3.05, 3.63) is 12.3 Å². The van der Waals surface area contributed by atoms with Gasteiger partial charge in [0.05, 0.1) is 12.4 Å². The van der Waals surface area contributed by atoms with Gasteiger partial charge in [0.1, 0.15) is 6.10 Å². The zero-order valence-electron chi connectivity index (χ0n) is 9.19. The Morgan fingerprint density at radius 1 is 1.27 bits per heavy atom. The second-order valence-corrected chi connectivity index (χ2v) is 4.70. The first kappa shape index (κ1) is 11.0. The van der Waals surface area contributed by atoms with Crippen molar-refractivity contribution in [3.8, 4) is 0 Å². The first-order chi connectivity index (χ1) is 7.34. The topological polar surface area (TPSA) is 41.5 Å². The molecule has 3 unspecified atom stereocenters. The van der Waals surface area contributed by atoms with E-state index in [2.05, 4.69) is 11.4 Å². The van der Waals surface area contributed by atoms with Crippen molar-refractivity contribution in [2.24, 2.45) is 5.92 Å². The number of rotatable bonds is 4. The lowest BCUT2D eigenvalue weighted by Crippen LogP contribution is -2.32. The van der Waals surface area contributed by atoms with E-state index in [-0.39, 0.29) is 6.10 Å². The lowest BCUT2D eigenvalue weighted by atomic mass is 10.1. The monoisotopic (exact) mass is 211 g/mol. The van der Waals surface area contributed by atoms with Crippen LogP contribution in [-0.4, -0.2) is 30.4 Å². The van der Waals surface area contributed by atoms with Crippen molar-refractivity contribution in [2.75, 3.05) is 13.1 Å². The zero-order chi connectivity index (χ0) is 10.5. The molecule has 1 fully saturated rings. The van der Waals surface area contributed by atoms with Gasteiger partial charge in [-0.1, -0.05) is 0 Å². The van der Waals surface area contributed by atoms with E-state index in [1.54, 1.807) is 0 Å². The fraction of sp³-hybridized carbons (Fsp3) is 0.833. The molecule has 1 aliphatic carbocycles. The lowest BCUT2D eigenvalue weighted by molar-refractivity contribution is 0.121. The third-order valence-corrected chi connectivity index (χ3v) is 3.34. The Labute approximate surface area is 91.5 Å². The van der Waals surface area contributed by atoms with Crippen LogP contribution >= 0.6 is 0 Å². The molecule has 1 saturated carbocycles. The predicted octanol–water partition coefficient (Wildman–Crippen LogP) is 1.43. The summed E-state index contributed by atoms with van der Waals surface area (Å²) in [7, 11) is 0. The van der Waals surface area contributed by atoms with E-state index < -0.39 is 0 Å². The largest absolute Gasteiger partial charge is 0.497 e. The normalized spacial score (nSPS) is 35.4. The molecule has 2 aliphatic rings. The maximum Gasteiger partial charge on any atom is 0.110 e. The summed E-state index contributed by atoms with van der Waals surface area (Å²) in [5, 5.41) is 12.8. The number of ether oxygens (including phenoxy) is 1. The third kappa shape index (κ3) is 3.50. The van der Waals surface area contributed by atoms with Crippen LogP contribution in [0.25, 0.3) is 0 Å². The Balaban J connectivity index is 1.56. The molecule has 15 heavy (non-hydrogen) atoms. The van der Waals surface area contributed by atoms with Crippen LogP contribution in [0.4, 0.5) is 0 Å². The maximum absolute atomic E-state index is 9.39. The summed E-state index contributed by atoms with van der Waals surface area (Å²) in [5.74, 6) is 0.666. The molecule has 0 amide bonds. The van der Waals surface area contributed by atoms with Gasteiger partial charge >= 0.3 is 0 Å². The third-order valence-electron chi connectivity index (χ3n) is 3.34. The predicted molar refractivity (Wildman–Crippen MR) is 59.5 cm³/mol. The van der Waals surface area contributed by atoms with E-state index >= 15 is 0 Å². The molecular weight excluding hydrogens is 190 g/mol. The minimum absolute atomic E-state index is 0.0503. The number of hydrogen-bond acceptors (Lipinski definition) is 3. The highest BCUT2D eigenvalue weighted by molar-refractivity contribution is 4.83. The van der Waals surface area contributed by atoms with Crippen molar-refractivity contribution in [1.29, 1.82) is 0 Å². The second-order valence-electron chi connectivity index (χ2n) is 4.70. The van der Waals surface area contributed by atoms with Crippen molar-refractivity contribution in [1.82, 2.24) is 5.32 Å². The number of allylic oxidation sites excluding steroid dienone is 1. The molecule has 0 saturated heterocycles. The van der Waals surface area contributed by atoms with Gasteiger partial charge in [-0.15, -0.1) is 0 Å². The van der Waals surface area contributed by atoms with E-state index in [1.165, 1.54) is 6.42 Å². The first-order valence-electron chi connectivity index (χ1n) is 6.04. The standard InChI is InChI=1S/C12H21NO2/c14-11-5-4-10(7-11)8-13-9-12-3-1-2-6-15-12/h2,6,10-14H,1,3-5,7-9H2. The SMILES string of the molecule is OC1CCC(CNCC2CCC=CO2)C1. The Bertz CT molecular complexity index is 218. The van der Waals surface area contributed by atoms with Crippen LogP contribution in [-0.2, 0) is 4.74 Å². The summed E-state index contributed by atoms with van der Waals surface area (Å²) in [5.41, 5.74) is 0. The van der Waals surface area contributed by atoms with Crippen molar-refractivity contribution >= 4 is 0 Å². The molecule has 0 aromatic carbocycles. The first-order valence-corrected chi connectivity index (χ1v) is 6.04. The molecule has 0 aromatic rings. The molecule has 0 radical (unpaired) electrons. The fourth-order valence-electron chi connectivity index (χ4n) is 2.42. The highest BCUT2D eigenvalue weighted by Gasteiger charge is 2.22. The van der Waals surface area contributed by atoms with Crippen LogP contribution in [0.2, 0.25) is 0 Å². The Kier molecular flexibility index (Phi) is 4.03. The van der Waals surface area contributed by atoms with Gasteiger partial charge in [0.25, 0.3) is 0 Å². The minimum Gasteiger partial charge on any atom is -0.497 e. The van der Waals surface area contributed by atoms with E-state index in [0.717, 1.165) is 38.8 Å². The van der Waals surface area contributed by atoms with Gasteiger partial charge in [0.15, 0.2) is 0 Å². The number of hydrogen-bond donors (Lipinski definition) is 2. The summed E-state index contributed by atoms with van der Waals surface area (Å²) in [6, 6.07) is 0. The molecule has 3 nitrogen and oxygen atoms in total. The molecule has 2 rings (SSSR count). The molecule has 1 heterocycles. The van der Waals surface area contributed by atoms with Crippen LogP contribution in [0.15, 0.2) is 12.3 Å². The van der Waals surface area contributed by atoms with E-state index in [0.29, 0.717) is 12.0 Å². The molecule has 2 N–H and O–H groups in total. The average Bonchev–Trinajstić information content (AvgIpc) is 2.66. The summed E-state index contributed by atoms with van der Waals surface area (Å²) in [6.45, 7) is 1.97. The van der Waals surface area contributed by atoms with Crippen LogP contribution in [0.3, 0.4) is 0 Å². The van der Waals surface area contributed by atoms with Crippen molar-refractivity contribution in [2.45, 2.75) is 44.3 Å². The highest BCUT2D eigenvalue weighted by atomic mass is 16.5. The van der Waals surface area contributed by atoms with Gasteiger partial charge in [0.2, 0.25) is 0 Å². The molecule has 3 heteroatoms. The van der Waals surface area contributed by atoms with E-state index in [4.69, 9.17) is 4.74 Å². The molecule has 1 aliphatic heterocycles. The van der Waals surface area contributed by atoms with Crippen molar-refractivity contribution in [3.63, 3.8) is 0 Å². The molecule has 86 valence electrons. The molecule has 0 bridgehead atoms. The van der Waals surface area contributed by atoms with Gasteiger partial charge < -0.3 is 15.2 Å². The molecule has 3 atom stereocenters. The van der Waals surface area contributed by atoms with E-state index in [1.807, 2.05) is 6.26 Å². The summed E-state index contributed by atoms with van der Waals surface area (Å²) in [6.07, 6.45) is 9.56. The van der Waals surface area contributed by atoms with Gasteiger partial charge in [0, 0.05) is 6.54 Å². The molecule has 0 spiro atoms. The van der Waals surface area contributed by atoms with Crippen LogP contribution in [0.1, 0.15) is 32.1 Å². The molecular formula is C12H21NO2. The van der Waals surface area contributed by atoms with E-state index in [9.17, 15) is 5.11 Å². The molecule has 0 aromatic heterocycles. The minimum atomic E-state index is -0.0503. The average molecular weight is 211 g/mol. The van der Waals surface area contributed by atoms with Crippen LogP contribution < -0.4 is 5.32 Å². The van der Waals surface area contributed by atoms with Crippen molar-refractivity contribution < 1.29 is 9.84 Å². The summed E-state index contributed by atoms with van der Waals surface area (Å²) < 4.78 is 5.47. The number of aliphatic hydroxyl groups excluding tert-OH is 1. The summed E-state index contributed by atoms with van der Waals surface area (Å²) >= 11 is 0. The van der Waals surface area contributed by atoms with Gasteiger partial charge in [-0.3, -0.25) is 0 Å². The zero-order valence-corrected chi connectivity index (χ0v) is 9.19. The highest BCUT2D eigenvalue weighted by Crippen LogP contribution is 2.24. The maximum atomic E-state index is 9.39. The Hall–Kier alpha value is -0.540.